The van der Waals surface area contributed by atoms with Crippen molar-refractivity contribution in [3.05, 3.63) is 0 Å². The van der Waals surface area contributed by atoms with Crippen molar-refractivity contribution in [2.45, 2.75) is 57.9 Å². The second kappa shape index (κ2) is 8.54. The number of ether oxygens (including phenoxy) is 1. The Hall–Kier alpha value is -1.87. The zero-order chi connectivity index (χ0) is 17.5. The molecule has 0 aliphatic rings. The molecule has 0 saturated carbocycles. The van der Waals surface area contributed by atoms with Gasteiger partial charge in [0.25, 0.3) is 0 Å². The van der Waals surface area contributed by atoms with Gasteiger partial charge < -0.3 is 31.3 Å². The predicted molar refractivity (Wildman–Crippen MR) is 78.1 cm³/mol. The van der Waals surface area contributed by atoms with Crippen LogP contribution in [0, 0.1) is 0 Å². The third-order valence-corrected chi connectivity index (χ3v) is 2.51. The summed E-state index contributed by atoms with van der Waals surface area (Å²) in [5.74, 6) is -2.08. The zero-order valence-corrected chi connectivity index (χ0v) is 13.3. The highest BCUT2D eigenvalue weighted by Crippen LogP contribution is 2.06. The Morgan fingerprint density at radius 1 is 1.27 bits per heavy atom. The minimum atomic E-state index is -1.43. The summed E-state index contributed by atoms with van der Waals surface area (Å²) in [5.41, 5.74) is 4.97. The number of aliphatic hydroxyl groups excluding tert-OH is 1. The summed E-state index contributed by atoms with van der Waals surface area (Å²) in [4.78, 5) is 33.9. The number of alkyl carbamates (subject to hydrolysis) is 1. The second-order valence-electron chi connectivity index (χ2n) is 5.89. The van der Waals surface area contributed by atoms with E-state index in [9.17, 15) is 19.5 Å². The number of carbonyl (C=O) groups is 3. The van der Waals surface area contributed by atoms with Crippen LogP contribution in [-0.2, 0) is 14.3 Å². The largest absolute Gasteiger partial charge is 0.480 e. The highest BCUT2D eigenvalue weighted by Gasteiger charge is 2.27. The molecule has 0 bridgehead atoms. The fourth-order valence-corrected chi connectivity index (χ4v) is 1.42. The first kappa shape index (κ1) is 20.1. The van der Waals surface area contributed by atoms with Crippen molar-refractivity contribution in [3.63, 3.8) is 0 Å². The van der Waals surface area contributed by atoms with E-state index in [0.717, 1.165) is 0 Å². The summed E-state index contributed by atoms with van der Waals surface area (Å²) in [6.45, 7) is 6.49. The topological polar surface area (TPSA) is 151 Å². The number of amides is 2. The molecule has 9 heteroatoms. The molecule has 0 fully saturated rings. The summed E-state index contributed by atoms with van der Waals surface area (Å²) in [6, 6.07) is -2.45. The van der Waals surface area contributed by atoms with Gasteiger partial charge >= 0.3 is 12.1 Å². The average molecular weight is 319 g/mol. The van der Waals surface area contributed by atoms with E-state index in [4.69, 9.17) is 15.6 Å². The lowest BCUT2D eigenvalue weighted by Gasteiger charge is -2.21. The van der Waals surface area contributed by atoms with Gasteiger partial charge in [0.2, 0.25) is 5.91 Å². The van der Waals surface area contributed by atoms with Gasteiger partial charge in [-0.1, -0.05) is 0 Å². The van der Waals surface area contributed by atoms with Crippen LogP contribution in [0.2, 0.25) is 0 Å². The number of nitrogens with one attached hydrogen (secondary N) is 2. The van der Waals surface area contributed by atoms with Gasteiger partial charge in [-0.3, -0.25) is 4.79 Å². The number of hydrogen-bond acceptors (Lipinski definition) is 6. The van der Waals surface area contributed by atoms with E-state index in [1.54, 1.807) is 20.8 Å². The molecule has 22 heavy (non-hydrogen) atoms. The third kappa shape index (κ3) is 8.42. The van der Waals surface area contributed by atoms with E-state index in [2.05, 4.69) is 10.6 Å². The van der Waals surface area contributed by atoms with Gasteiger partial charge in [0.05, 0.1) is 12.1 Å². The first-order valence-corrected chi connectivity index (χ1v) is 6.87. The molecule has 0 spiro atoms. The van der Waals surface area contributed by atoms with Gasteiger partial charge in [-0.25, -0.2) is 9.59 Å². The summed E-state index contributed by atoms with van der Waals surface area (Å²) < 4.78 is 5.01. The number of aliphatic carboxylic acids is 1. The molecule has 128 valence electrons. The highest BCUT2D eigenvalue weighted by molar-refractivity contribution is 5.87. The van der Waals surface area contributed by atoms with Crippen LogP contribution < -0.4 is 16.4 Å². The Morgan fingerprint density at radius 3 is 2.23 bits per heavy atom. The molecular formula is C13H25N3O6. The van der Waals surface area contributed by atoms with Gasteiger partial charge in [-0.2, -0.15) is 0 Å². The van der Waals surface area contributed by atoms with Gasteiger partial charge in [0.15, 0.2) is 6.04 Å². The van der Waals surface area contributed by atoms with Crippen LogP contribution in [0.1, 0.15) is 34.1 Å². The molecule has 0 aromatic rings. The van der Waals surface area contributed by atoms with Crippen LogP contribution >= 0.6 is 0 Å². The van der Waals surface area contributed by atoms with Crippen molar-refractivity contribution in [1.29, 1.82) is 0 Å². The van der Waals surface area contributed by atoms with Crippen molar-refractivity contribution >= 4 is 18.0 Å². The Kier molecular flexibility index (Phi) is 7.82. The van der Waals surface area contributed by atoms with Crippen LogP contribution in [0.3, 0.4) is 0 Å². The maximum absolute atomic E-state index is 11.7. The summed E-state index contributed by atoms with van der Waals surface area (Å²) in [7, 11) is 0. The molecule has 9 nitrogen and oxygen atoms in total. The van der Waals surface area contributed by atoms with Crippen LogP contribution in [-0.4, -0.2) is 58.5 Å². The Bertz CT molecular complexity index is 405. The maximum Gasteiger partial charge on any atom is 0.407 e. The highest BCUT2D eigenvalue weighted by atomic mass is 16.6. The van der Waals surface area contributed by atoms with E-state index >= 15 is 0 Å². The van der Waals surface area contributed by atoms with Crippen LogP contribution in [0.4, 0.5) is 4.79 Å². The molecule has 0 radical (unpaired) electrons. The SMILES string of the molecule is C[C@@H](O)[C@H](NC(=O)[C@@H](N)CCNC(=O)OC(C)(C)C)C(=O)O. The number of rotatable bonds is 7. The molecule has 3 atom stereocenters. The fraction of sp³-hybridized carbons (Fsp3) is 0.769. The predicted octanol–water partition coefficient (Wildman–Crippen LogP) is -0.821. The number of nitrogens with two attached hydrogens (primary N) is 1. The van der Waals surface area contributed by atoms with Gasteiger partial charge in [-0.15, -0.1) is 0 Å². The molecule has 0 aromatic carbocycles. The third-order valence-electron chi connectivity index (χ3n) is 2.51. The quantitative estimate of drug-likeness (QED) is 0.411. The zero-order valence-electron chi connectivity index (χ0n) is 13.3. The van der Waals surface area contributed by atoms with E-state index in [1.807, 2.05) is 0 Å². The lowest BCUT2D eigenvalue weighted by Crippen LogP contribution is -2.53. The smallest absolute Gasteiger partial charge is 0.407 e. The van der Waals surface area contributed by atoms with Gasteiger partial charge in [0, 0.05) is 6.54 Å². The Morgan fingerprint density at radius 2 is 1.82 bits per heavy atom. The summed E-state index contributed by atoms with van der Waals surface area (Å²) >= 11 is 0. The van der Waals surface area contributed by atoms with E-state index in [-0.39, 0.29) is 13.0 Å². The molecule has 0 rings (SSSR count). The second-order valence-corrected chi connectivity index (χ2v) is 5.89. The Balaban J connectivity index is 4.21. The fourth-order valence-electron chi connectivity index (χ4n) is 1.42. The number of carboxylic acids is 1. The number of aliphatic hydroxyl groups is 1. The molecule has 2 amide bonds. The first-order chi connectivity index (χ1) is 9.94. The molecule has 0 aliphatic carbocycles. The molecule has 6 N–H and O–H groups in total. The minimum Gasteiger partial charge on any atom is -0.480 e. The van der Waals surface area contributed by atoms with Crippen molar-refractivity contribution in [2.75, 3.05) is 6.54 Å². The van der Waals surface area contributed by atoms with E-state index in [1.165, 1.54) is 6.92 Å². The average Bonchev–Trinajstić information content (AvgIpc) is 2.32. The number of carboxylic acid groups (broad SMARTS) is 1. The summed E-state index contributed by atoms with van der Waals surface area (Å²) in [6.07, 6.45) is -1.79. The van der Waals surface area contributed by atoms with Crippen molar-refractivity contribution < 1.29 is 29.3 Å². The van der Waals surface area contributed by atoms with Crippen LogP contribution in [0.25, 0.3) is 0 Å². The van der Waals surface area contributed by atoms with Crippen molar-refractivity contribution in [1.82, 2.24) is 10.6 Å². The van der Waals surface area contributed by atoms with Gasteiger partial charge in [0.1, 0.15) is 5.60 Å². The van der Waals surface area contributed by atoms with Crippen LogP contribution in [0.15, 0.2) is 0 Å². The number of carbonyl (C=O) groups excluding carboxylic acids is 2. The normalized spacial score (nSPS) is 15.4. The Labute approximate surface area is 129 Å². The lowest BCUT2D eigenvalue weighted by molar-refractivity contribution is -0.145. The van der Waals surface area contributed by atoms with E-state index in [0.29, 0.717) is 0 Å². The van der Waals surface area contributed by atoms with Crippen molar-refractivity contribution in [3.8, 4) is 0 Å². The van der Waals surface area contributed by atoms with Gasteiger partial charge in [-0.05, 0) is 34.1 Å². The standard InChI is InChI=1S/C13H25N3O6/c1-7(17)9(11(19)20)16-10(18)8(14)5-6-15-12(21)22-13(2,3)4/h7-9,17H,5-6,14H2,1-4H3,(H,15,21)(H,16,18)(H,19,20)/t7-,8+,9+/m1/s1. The molecule has 0 aromatic heterocycles. The monoisotopic (exact) mass is 319 g/mol. The first-order valence-electron chi connectivity index (χ1n) is 6.87. The molecule has 0 heterocycles. The van der Waals surface area contributed by atoms with Crippen molar-refractivity contribution in [2.24, 2.45) is 5.73 Å². The number of hydrogen-bond donors (Lipinski definition) is 5. The molecule has 0 aliphatic heterocycles. The molecular weight excluding hydrogens is 294 g/mol. The van der Waals surface area contributed by atoms with E-state index < -0.39 is 41.8 Å². The lowest BCUT2D eigenvalue weighted by atomic mass is 10.1. The van der Waals surface area contributed by atoms with Crippen LogP contribution in [0.5, 0.6) is 0 Å². The summed E-state index contributed by atoms with van der Waals surface area (Å²) in [5, 5.41) is 22.7. The maximum atomic E-state index is 11.7. The molecule has 0 saturated heterocycles. The minimum absolute atomic E-state index is 0.0932. The molecule has 0 unspecified atom stereocenters.